The van der Waals surface area contributed by atoms with Crippen LogP contribution in [0.2, 0.25) is 0 Å². The van der Waals surface area contributed by atoms with Crippen LogP contribution in [0.5, 0.6) is 0 Å². The van der Waals surface area contributed by atoms with E-state index >= 15 is 0 Å². The maximum absolute atomic E-state index is 12.6. The number of hydrazine groups is 1. The lowest BCUT2D eigenvalue weighted by molar-refractivity contribution is -0.570. The van der Waals surface area contributed by atoms with Gasteiger partial charge in [0.25, 0.3) is 5.54 Å². The summed E-state index contributed by atoms with van der Waals surface area (Å²) in [5.74, 6) is -0.0625. The predicted molar refractivity (Wildman–Crippen MR) is 102 cm³/mol. The molecule has 0 radical (unpaired) electrons. The van der Waals surface area contributed by atoms with Gasteiger partial charge in [0, 0.05) is 24.8 Å². The van der Waals surface area contributed by atoms with E-state index in [2.05, 4.69) is 0 Å². The monoisotopic (exact) mass is 363 g/mol. The number of hydrogen-bond donors (Lipinski definition) is 0. The Morgan fingerprint density at radius 3 is 2.37 bits per heavy atom. The van der Waals surface area contributed by atoms with Gasteiger partial charge in [-0.05, 0) is 11.1 Å². The lowest BCUT2D eigenvalue weighted by Crippen LogP contribution is -2.49. The van der Waals surface area contributed by atoms with Crippen molar-refractivity contribution >= 4 is 12.0 Å². The lowest BCUT2D eigenvalue weighted by Gasteiger charge is -2.28. The first-order valence-electron chi connectivity index (χ1n) is 9.05. The molecule has 2 aliphatic rings. The third-order valence-corrected chi connectivity index (χ3v) is 5.58. The molecule has 27 heavy (non-hydrogen) atoms. The van der Waals surface area contributed by atoms with E-state index in [0.717, 1.165) is 11.1 Å². The van der Waals surface area contributed by atoms with Gasteiger partial charge in [-0.15, -0.1) is 0 Å². The Balaban J connectivity index is 1.81. The van der Waals surface area contributed by atoms with E-state index in [0.29, 0.717) is 13.0 Å². The molecular formula is C21H21N3O3. The highest BCUT2D eigenvalue weighted by Gasteiger charge is 2.66. The van der Waals surface area contributed by atoms with Crippen LogP contribution in [0.25, 0.3) is 6.08 Å². The molecule has 0 saturated carbocycles. The van der Waals surface area contributed by atoms with E-state index < -0.39 is 17.6 Å². The van der Waals surface area contributed by atoms with Crippen molar-refractivity contribution in [3.8, 4) is 0 Å². The second kappa shape index (κ2) is 6.63. The summed E-state index contributed by atoms with van der Waals surface area (Å²) in [4.78, 5) is 24.7. The zero-order chi connectivity index (χ0) is 19.0. The number of carbonyl (C=O) groups is 1. The molecule has 0 N–H and O–H groups in total. The number of benzene rings is 2. The quantitative estimate of drug-likeness (QED) is 0.617. The Morgan fingerprint density at radius 1 is 1.11 bits per heavy atom. The van der Waals surface area contributed by atoms with Crippen molar-refractivity contribution in [2.75, 3.05) is 6.54 Å². The summed E-state index contributed by atoms with van der Waals surface area (Å²) in [5, 5.41) is 15.7. The highest BCUT2D eigenvalue weighted by molar-refractivity contribution is 5.79. The summed E-state index contributed by atoms with van der Waals surface area (Å²) in [6.07, 6.45) is 4.15. The molecule has 138 valence electrons. The normalized spacial score (nSPS) is 28.0. The van der Waals surface area contributed by atoms with Crippen molar-refractivity contribution < 1.29 is 9.72 Å². The first-order chi connectivity index (χ1) is 13.0. The largest absolute Gasteiger partial charge is 0.273 e. The summed E-state index contributed by atoms with van der Waals surface area (Å²) < 4.78 is 0. The number of nitro groups is 1. The highest BCUT2D eigenvalue weighted by atomic mass is 16.6. The fourth-order valence-electron chi connectivity index (χ4n) is 4.23. The van der Waals surface area contributed by atoms with Gasteiger partial charge < -0.3 is 0 Å². The molecule has 0 aromatic heterocycles. The number of amides is 1. The van der Waals surface area contributed by atoms with Crippen molar-refractivity contribution in [1.82, 2.24) is 10.0 Å². The fourth-order valence-corrected chi connectivity index (χ4v) is 4.23. The second-order valence-electron chi connectivity index (χ2n) is 7.16. The topological polar surface area (TPSA) is 66.7 Å². The molecule has 4 rings (SSSR count). The van der Waals surface area contributed by atoms with Crippen molar-refractivity contribution in [3.05, 3.63) is 88.0 Å². The van der Waals surface area contributed by atoms with Gasteiger partial charge in [0.1, 0.15) is 12.1 Å². The lowest BCUT2D eigenvalue weighted by atomic mass is 9.82. The Kier molecular flexibility index (Phi) is 4.28. The average molecular weight is 363 g/mol. The molecule has 2 aromatic rings. The minimum atomic E-state index is -1.34. The van der Waals surface area contributed by atoms with Gasteiger partial charge in [0.05, 0.1) is 0 Å². The minimum absolute atomic E-state index is 0.0625. The van der Waals surface area contributed by atoms with Crippen molar-refractivity contribution in [2.45, 2.75) is 31.0 Å². The number of rotatable bonds is 4. The van der Waals surface area contributed by atoms with E-state index in [1.807, 2.05) is 77.8 Å². The van der Waals surface area contributed by atoms with Gasteiger partial charge in [0.15, 0.2) is 0 Å². The molecule has 0 spiro atoms. The molecule has 0 aliphatic carbocycles. The van der Waals surface area contributed by atoms with Crippen LogP contribution in [0, 0.1) is 10.1 Å². The first kappa shape index (κ1) is 17.4. The van der Waals surface area contributed by atoms with Crippen LogP contribution in [0.15, 0.2) is 66.7 Å². The summed E-state index contributed by atoms with van der Waals surface area (Å²) in [5.41, 5.74) is 0.416. The maximum Gasteiger partial charge on any atom is 0.265 e. The summed E-state index contributed by atoms with van der Waals surface area (Å²) in [7, 11) is 0. The molecule has 2 aromatic carbocycles. The average Bonchev–Trinajstić information content (AvgIpc) is 3.17. The molecule has 2 heterocycles. The first-order valence-corrected chi connectivity index (χ1v) is 9.05. The van der Waals surface area contributed by atoms with Gasteiger partial charge in [0.2, 0.25) is 5.91 Å². The summed E-state index contributed by atoms with van der Waals surface area (Å²) >= 11 is 0. The molecule has 6 nitrogen and oxygen atoms in total. The highest BCUT2D eigenvalue weighted by Crippen LogP contribution is 2.48. The minimum Gasteiger partial charge on any atom is -0.273 e. The van der Waals surface area contributed by atoms with E-state index in [1.54, 1.807) is 11.9 Å². The maximum atomic E-state index is 12.6. The number of nitrogens with zero attached hydrogens (tertiary/aromatic N) is 3. The van der Waals surface area contributed by atoms with Crippen molar-refractivity contribution in [3.63, 3.8) is 0 Å². The van der Waals surface area contributed by atoms with Gasteiger partial charge in [-0.25, -0.2) is 5.01 Å². The van der Waals surface area contributed by atoms with Gasteiger partial charge in [-0.3, -0.25) is 19.9 Å². The van der Waals surface area contributed by atoms with Crippen molar-refractivity contribution in [2.24, 2.45) is 0 Å². The smallest absolute Gasteiger partial charge is 0.265 e. The van der Waals surface area contributed by atoms with Crippen LogP contribution in [0.1, 0.15) is 30.5 Å². The number of hydrogen-bond acceptors (Lipinski definition) is 4. The standard InChI is InChI=1S/C21H21N3O3/c1-21(24(26)27)18(13-12-16-8-4-2-5-9-16)22-15-14-19(25)23(22)20(21)17-10-6-3-7-11-17/h2-13,18,20H,14-15H2,1H3/b13-12-/t18-,20+,21-/m0/s1. The zero-order valence-corrected chi connectivity index (χ0v) is 15.1. The van der Waals surface area contributed by atoms with Crippen LogP contribution >= 0.6 is 0 Å². The third kappa shape index (κ3) is 2.73. The Hall–Kier alpha value is -2.99. The van der Waals surface area contributed by atoms with Gasteiger partial charge >= 0.3 is 0 Å². The Bertz CT molecular complexity index is 884. The van der Waals surface area contributed by atoms with E-state index in [4.69, 9.17) is 0 Å². The van der Waals surface area contributed by atoms with Gasteiger partial charge in [-0.1, -0.05) is 72.8 Å². The fraction of sp³-hybridized carbons (Fsp3) is 0.286. The Morgan fingerprint density at radius 2 is 1.74 bits per heavy atom. The second-order valence-corrected chi connectivity index (χ2v) is 7.16. The van der Waals surface area contributed by atoms with Crippen LogP contribution in [-0.4, -0.2) is 39.0 Å². The predicted octanol–water partition coefficient (Wildman–Crippen LogP) is 3.31. The molecule has 0 unspecified atom stereocenters. The number of carbonyl (C=O) groups excluding carboxylic acids is 1. The summed E-state index contributed by atoms with van der Waals surface area (Å²) in [6, 6.07) is 17.9. The molecule has 2 aliphatic heterocycles. The van der Waals surface area contributed by atoms with E-state index in [-0.39, 0.29) is 10.8 Å². The van der Waals surface area contributed by atoms with Crippen LogP contribution in [-0.2, 0) is 4.79 Å². The molecule has 6 heteroatoms. The Labute approximate surface area is 157 Å². The zero-order valence-electron chi connectivity index (χ0n) is 15.1. The number of fused-ring (bicyclic) bond motifs is 1. The van der Waals surface area contributed by atoms with E-state index in [1.165, 1.54) is 0 Å². The molecular weight excluding hydrogens is 342 g/mol. The molecule has 0 bridgehead atoms. The molecule has 3 atom stereocenters. The molecule has 2 fully saturated rings. The van der Waals surface area contributed by atoms with Crippen molar-refractivity contribution in [1.29, 1.82) is 0 Å². The van der Waals surface area contributed by atoms with Crippen LogP contribution in [0.4, 0.5) is 0 Å². The summed E-state index contributed by atoms with van der Waals surface area (Å²) in [6.45, 7) is 2.14. The van der Waals surface area contributed by atoms with Gasteiger partial charge in [-0.2, -0.15) is 0 Å². The van der Waals surface area contributed by atoms with Crippen LogP contribution < -0.4 is 0 Å². The van der Waals surface area contributed by atoms with Crippen LogP contribution in [0.3, 0.4) is 0 Å². The SMILES string of the molecule is C[C@]1([N+](=O)[O-])[C@H](/C=C\c2ccccc2)N2CCC(=O)N2[C@@H]1c1ccccc1. The molecule has 2 saturated heterocycles. The molecule has 1 amide bonds. The third-order valence-electron chi connectivity index (χ3n) is 5.58. The van der Waals surface area contributed by atoms with E-state index in [9.17, 15) is 14.9 Å².